The second kappa shape index (κ2) is 32.8. The summed E-state index contributed by atoms with van der Waals surface area (Å²) < 4.78 is 5.13. The SMILES string of the molecule is [C-]#[N+]c1ccc(-c2cc(-c3cccc(C(C)(C)C)c3)c(N3c4cc(-n5c6ccc(C(C)(C)C)cc6c6cc(C(C)(C)C)ccc65)ccc4B4c5ccc(-n6c7ccc(C(C)(C)C)cc7c7cc(C(C)(C)C)ccc76)cc5N(c5c(-c6cccc(C(C)(C)C)c6)cc(-c6ccc(C#N)cc6)cc5-c5cccc(C(C)(C)C)c5)c5cc(-c6ccccc6)cc3c54)c(-c3cccc(C(C)(C)C)c3)c2)cc1. The van der Waals surface area contributed by atoms with Crippen molar-refractivity contribution in [2.75, 3.05) is 9.80 Å². The molecule has 0 saturated heterocycles. The second-order valence-corrected chi connectivity index (χ2v) is 47.0. The van der Waals surface area contributed by atoms with Crippen molar-refractivity contribution in [1.29, 1.82) is 5.26 Å². The molecule has 137 heavy (non-hydrogen) atoms. The largest absolute Gasteiger partial charge is 0.310 e. The van der Waals surface area contributed by atoms with Crippen molar-refractivity contribution in [2.24, 2.45) is 0 Å². The van der Waals surface area contributed by atoms with Crippen molar-refractivity contribution in [2.45, 2.75) is 209 Å². The van der Waals surface area contributed by atoms with Gasteiger partial charge in [0.1, 0.15) is 0 Å². The van der Waals surface area contributed by atoms with Gasteiger partial charge in [-0.15, -0.1) is 0 Å². The normalized spacial score (nSPS) is 13.2. The number of anilines is 6. The summed E-state index contributed by atoms with van der Waals surface area (Å²) >= 11 is 0. The molecule has 18 aromatic rings. The van der Waals surface area contributed by atoms with Crippen LogP contribution in [0.15, 0.2) is 322 Å². The fourth-order valence-electron chi connectivity index (χ4n) is 21.0. The highest BCUT2D eigenvalue weighted by Crippen LogP contribution is 2.58. The number of hydrogen-bond donors (Lipinski definition) is 0. The van der Waals surface area contributed by atoms with E-state index in [0.717, 1.165) is 162 Å². The van der Waals surface area contributed by atoms with Gasteiger partial charge in [-0.2, -0.15) is 5.26 Å². The van der Waals surface area contributed by atoms with Gasteiger partial charge >= 0.3 is 0 Å². The van der Waals surface area contributed by atoms with Gasteiger partial charge in [0.25, 0.3) is 6.71 Å². The molecular weight excluding hydrogens is 1660 g/mol. The Morgan fingerprint density at radius 2 is 0.526 bits per heavy atom. The Morgan fingerprint density at radius 1 is 0.248 bits per heavy atom. The molecule has 4 heterocycles. The number of hydrogen-bond acceptors (Lipinski definition) is 3. The minimum atomic E-state index is -0.409. The molecule has 2 aromatic heterocycles. The summed E-state index contributed by atoms with van der Waals surface area (Å²) in [4.78, 5) is 9.46. The molecule has 678 valence electrons. The van der Waals surface area contributed by atoms with E-state index in [0.29, 0.717) is 11.3 Å². The highest BCUT2D eigenvalue weighted by Gasteiger charge is 2.47. The second-order valence-electron chi connectivity index (χ2n) is 47.0. The lowest BCUT2D eigenvalue weighted by molar-refractivity contribution is 0.590. The van der Waals surface area contributed by atoms with Crippen LogP contribution in [0.25, 0.3) is 138 Å². The highest BCUT2D eigenvalue weighted by molar-refractivity contribution is 7.00. The van der Waals surface area contributed by atoms with Crippen LogP contribution in [-0.2, 0) is 43.3 Å². The van der Waals surface area contributed by atoms with E-state index in [9.17, 15) is 5.26 Å². The third-order valence-electron chi connectivity index (χ3n) is 29.2. The minimum absolute atomic E-state index is 0.123. The third kappa shape index (κ3) is 16.3. The van der Waals surface area contributed by atoms with Gasteiger partial charge in [0.05, 0.1) is 51.6 Å². The van der Waals surface area contributed by atoms with E-state index in [1.807, 2.05) is 24.3 Å². The maximum absolute atomic E-state index is 10.5. The van der Waals surface area contributed by atoms with Crippen molar-refractivity contribution in [3.05, 3.63) is 383 Å². The van der Waals surface area contributed by atoms with Crippen LogP contribution in [0.2, 0.25) is 0 Å². The third-order valence-corrected chi connectivity index (χ3v) is 29.2. The quantitative estimate of drug-likeness (QED) is 0.0958. The van der Waals surface area contributed by atoms with Crippen molar-refractivity contribution in [1.82, 2.24) is 9.13 Å². The van der Waals surface area contributed by atoms with Gasteiger partial charge in [0, 0.05) is 77.9 Å². The van der Waals surface area contributed by atoms with Crippen LogP contribution in [0.3, 0.4) is 0 Å². The number of nitrogens with zero attached hydrogens (tertiary/aromatic N) is 6. The summed E-state index contributed by atoms with van der Waals surface area (Å²) in [6.45, 7) is 63.9. The summed E-state index contributed by atoms with van der Waals surface area (Å²) in [5.74, 6) is 0. The van der Waals surface area contributed by atoms with Crippen LogP contribution in [-0.4, -0.2) is 15.8 Å². The van der Waals surface area contributed by atoms with Crippen molar-refractivity contribution in [3.8, 4) is 95.3 Å². The van der Waals surface area contributed by atoms with E-state index >= 15 is 0 Å². The molecule has 0 saturated carbocycles. The van der Waals surface area contributed by atoms with Gasteiger partial charge in [0.15, 0.2) is 5.69 Å². The van der Waals surface area contributed by atoms with E-state index < -0.39 is 6.71 Å². The summed E-state index contributed by atoms with van der Waals surface area (Å²) in [5.41, 5.74) is 41.0. The molecule has 6 nitrogen and oxygen atoms in total. The first-order valence-electron chi connectivity index (χ1n) is 49.0. The number of fused-ring (bicyclic) bond motifs is 10. The molecule has 0 atom stereocenters. The lowest BCUT2D eigenvalue weighted by atomic mass is 9.33. The maximum Gasteiger partial charge on any atom is 0.252 e. The number of rotatable bonds is 11. The maximum atomic E-state index is 10.5. The average Bonchev–Trinajstić information content (AvgIpc) is 1.04. The van der Waals surface area contributed by atoms with Gasteiger partial charge in [-0.25, -0.2) is 4.85 Å². The van der Waals surface area contributed by atoms with E-state index in [-0.39, 0.29) is 43.3 Å². The zero-order chi connectivity index (χ0) is 96.6. The predicted molar refractivity (Wildman–Crippen MR) is 588 cm³/mol. The lowest BCUT2D eigenvalue weighted by Gasteiger charge is -2.46. The topological polar surface area (TPSA) is 44.5 Å². The first kappa shape index (κ1) is 90.6. The number of benzene rings is 16. The van der Waals surface area contributed by atoms with Crippen LogP contribution in [0.5, 0.6) is 0 Å². The van der Waals surface area contributed by atoms with Gasteiger partial charge in [0.2, 0.25) is 0 Å². The molecule has 0 bridgehead atoms. The monoisotopic (exact) mass is 1780 g/mol. The van der Waals surface area contributed by atoms with Gasteiger partial charge in [-0.3, -0.25) is 0 Å². The molecule has 0 fully saturated rings. The Labute approximate surface area is 812 Å². The zero-order valence-electron chi connectivity index (χ0n) is 84.4. The van der Waals surface area contributed by atoms with Crippen LogP contribution >= 0.6 is 0 Å². The van der Waals surface area contributed by atoms with Gasteiger partial charge in [-0.05, 0) is 281 Å². The Morgan fingerprint density at radius 3 is 0.818 bits per heavy atom. The molecule has 0 aliphatic carbocycles. The molecule has 2 aliphatic heterocycles. The standard InChI is InChI=1S/C130H125BN6/c1-123(2,3)91-39-29-35-84(63-91)102-67-88(82-45-43-80(79-132)44-46-82)68-103(85-36-30-40-92(64-85)124(4,5)6)121(102)136-116-77-100(134-112-59-49-95(127(13,14)15)73-106(112)107-74-96(128(16,17)18)50-60-113(107)134)55-57-110(116)131-111-58-56-101(135-114-61-51-97(129(19,20)21)75-108(114)109-76-98(130(22,23)24)52-62-115(109)135)78-117(111)137(119-72-90(71-118(136)120(119)131)81-33-27-26-28-34-81)122-104(86-37-31-41-93(65-86)125(7,8)9)69-89(83-47-53-99(133-25)54-48-83)70-105(122)87-38-32-42-94(66-87)126(10,11)12/h26-78H,1-24H3. The molecule has 2 aliphatic rings. The van der Waals surface area contributed by atoms with Gasteiger partial charge in [-0.1, -0.05) is 366 Å². The fraction of sp³-hybridized carbons (Fsp3) is 0.246. The Hall–Kier alpha value is -14.2. The molecule has 0 N–H and O–H groups in total. The van der Waals surface area contributed by atoms with Crippen LogP contribution in [0.1, 0.15) is 216 Å². The van der Waals surface area contributed by atoms with Crippen molar-refractivity contribution < 1.29 is 0 Å². The molecule has 0 radical (unpaired) electrons. The zero-order valence-corrected chi connectivity index (χ0v) is 84.4. The lowest BCUT2D eigenvalue weighted by Crippen LogP contribution is -2.61. The summed E-state index contributed by atoms with van der Waals surface area (Å²) in [6, 6.07) is 127. The highest BCUT2D eigenvalue weighted by atomic mass is 15.2. The Kier molecular flexibility index (Phi) is 21.7. The van der Waals surface area contributed by atoms with Crippen LogP contribution in [0, 0.1) is 17.9 Å². The summed E-state index contributed by atoms with van der Waals surface area (Å²) in [7, 11) is 0. The Balaban J connectivity index is 1.02. The van der Waals surface area contributed by atoms with Crippen LogP contribution < -0.4 is 26.2 Å². The van der Waals surface area contributed by atoms with E-state index in [2.05, 4.69) is 493 Å². The number of aromatic nitrogens is 2. The molecule has 7 heteroatoms. The van der Waals surface area contributed by atoms with Gasteiger partial charge < -0.3 is 18.9 Å². The molecule has 0 spiro atoms. The number of nitriles is 1. The average molecular weight is 1780 g/mol. The molecule has 16 aromatic carbocycles. The first-order valence-corrected chi connectivity index (χ1v) is 49.0. The smallest absolute Gasteiger partial charge is 0.252 e. The molecule has 0 unspecified atom stereocenters. The minimum Gasteiger partial charge on any atom is -0.310 e. The first-order chi connectivity index (χ1) is 64.9. The van der Waals surface area contributed by atoms with E-state index in [1.165, 1.54) is 66.1 Å². The molecular formula is C130H125BN6. The summed E-state index contributed by atoms with van der Waals surface area (Å²) in [5, 5.41) is 15.4. The summed E-state index contributed by atoms with van der Waals surface area (Å²) in [6.07, 6.45) is 0. The van der Waals surface area contributed by atoms with Crippen LogP contribution in [0.4, 0.5) is 39.8 Å². The fourth-order valence-corrected chi connectivity index (χ4v) is 21.0. The Bertz CT molecular complexity index is 7280. The van der Waals surface area contributed by atoms with E-state index in [1.54, 1.807) is 0 Å². The van der Waals surface area contributed by atoms with E-state index in [4.69, 9.17) is 6.57 Å². The molecule has 0 amide bonds. The van der Waals surface area contributed by atoms with Crippen molar-refractivity contribution >= 4 is 107 Å². The predicted octanol–water partition coefficient (Wildman–Crippen LogP) is 34.4. The van der Waals surface area contributed by atoms with Crippen molar-refractivity contribution in [3.63, 3.8) is 0 Å². The molecule has 20 rings (SSSR count).